The average molecular weight is 363 g/mol. The molecular weight excluding hydrogens is 324 g/mol. The third-order valence-electron chi connectivity index (χ3n) is 3.69. The summed E-state index contributed by atoms with van der Waals surface area (Å²) in [5.74, 6) is 0.464. The highest BCUT2D eigenvalue weighted by Gasteiger charge is 2.01. The molecule has 0 fully saturated rings. The standard InChI is InChI=1S/C19H38O6/c1-4-6-7-8-19(20)25-16-15-23-12-11-21-9-10-22-13-14-24-17-18(3)5-2/h18H,4-17H2,1-3H3. The van der Waals surface area contributed by atoms with E-state index in [4.69, 9.17) is 23.7 Å². The highest BCUT2D eigenvalue weighted by atomic mass is 16.6. The largest absolute Gasteiger partial charge is 0.463 e. The van der Waals surface area contributed by atoms with Crippen molar-refractivity contribution in [3.8, 4) is 0 Å². The van der Waals surface area contributed by atoms with Crippen LogP contribution in [0.15, 0.2) is 0 Å². The van der Waals surface area contributed by atoms with Crippen molar-refractivity contribution in [2.75, 3.05) is 59.5 Å². The maximum Gasteiger partial charge on any atom is 0.305 e. The van der Waals surface area contributed by atoms with Gasteiger partial charge in [-0.15, -0.1) is 0 Å². The van der Waals surface area contributed by atoms with Gasteiger partial charge in [-0.1, -0.05) is 40.0 Å². The van der Waals surface area contributed by atoms with Crippen molar-refractivity contribution in [1.82, 2.24) is 0 Å². The first-order valence-corrected chi connectivity index (χ1v) is 9.67. The summed E-state index contributed by atoms with van der Waals surface area (Å²) >= 11 is 0. The number of carbonyl (C=O) groups excluding carboxylic acids is 1. The fraction of sp³-hybridized carbons (Fsp3) is 0.947. The minimum absolute atomic E-state index is 0.140. The molecule has 25 heavy (non-hydrogen) atoms. The lowest BCUT2D eigenvalue weighted by Gasteiger charge is -2.10. The van der Waals surface area contributed by atoms with Crippen molar-refractivity contribution < 1.29 is 28.5 Å². The molecule has 0 N–H and O–H groups in total. The molecule has 0 bridgehead atoms. The minimum Gasteiger partial charge on any atom is -0.463 e. The molecule has 0 spiro atoms. The summed E-state index contributed by atoms with van der Waals surface area (Å²) in [5.41, 5.74) is 0. The monoisotopic (exact) mass is 362 g/mol. The maximum atomic E-state index is 11.3. The van der Waals surface area contributed by atoms with E-state index in [1.807, 2.05) is 0 Å². The lowest BCUT2D eigenvalue weighted by atomic mass is 10.1. The molecule has 0 aromatic heterocycles. The molecule has 0 radical (unpaired) electrons. The van der Waals surface area contributed by atoms with Crippen LogP contribution in [0.5, 0.6) is 0 Å². The minimum atomic E-state index is -0.140. The van der Waals surface area contributed by atoms with Crippen LogP contribution < -0.4 is 0 Å². The first kappa shape index (κ1) is 24.3. The van der Waals surface area contributed by atoms with Gasteiger partial charge in [0.2, 0.25) is 0 Å². The van der Waals surface area contributed by atoms with Gasteiger partial charge in [0.05, 0.1) is 46.2 Å². The molecule has 0 rings (SSSR count). The van der Waals surface area contributed by atoms with Crippen molar-refractivity contribution in [2.24, 2.45) is 5.92 Å². The number of hydrogen-bond donors (Lipinski definition) is 0. The number of hydrogen-bond acceptors (Lipinski definition) is 6. The van der Waals surface area contributed by atoms with Crippen LogP contribution >= 0.6 is 0 Å². The van der Waals surface area contributed by atoms with Gasteiger partial charge in [0.1, 0.15) is 6.61 Å². The Hall–Kier alpha value is -0.690. The lowest BCUT2D eigenvalue weighted by Crippen LogP contribution is -2.15. The Morgan fingerprint density at radius 1 is 0.760 bits per heavy atom. The van der Waals surface area contributed by atoms with Crippen LogP contribution in [0.1, 0.15) is 52.9 Å². The van der Waals surface area contributed by atoms with Gasteiger partial charge in [0, 0.05) is 13.0 Å². The van der Waals surface area contributed by atoms with Crippen molar-refractivity contribution in [3.63, 3.8) is 0 Å². The van der Waals surface area contributed by atoms with Crippen molar-refractivity contribution in [2.45, 2.75) is 52.9 Å². The zero-order valence-corrected chi connectivity index (χ0v) is 16.4. The Kier molecular flexibility index (Phi) is 19.1. The summed E-state index contributed by atoms with van der Waals surface area (Å²) in [6.07, 6.45) is 4.71. The van der Waals surface area contributed by atoms with Crippen molar-refractivity contribution in [3.05, 3.63) is 0 Å². The summed E-state index contributed by atoms with van der Waals surface area (Å²) in [6.45, 7) is 11.3. The average Bonchev–Trinajstić information content (AvgIpc) is 2.61. The molecule has 0 aliphatic carbocycles. The molecule has 0 aliphatic heterocycles. The molecular formula is C19H38O6. The predicted octanol–water partition coefficient (Wildman–Crippen LogP) is 3.22. The maximum absolute atomic E-state index is 11.3. The van der Waals surface area contributed by atoms with Gasteiger partial charge < -0.3 is 23.7 Å². The summed E-state index contributed by atoms with van der Waals surface area (Å²) in [4.78, 5) is 11.3. The number of rotatable bonds is 19. The van der Waals surface area contributed by atoms with Crippen LogP contribution in [-0.4, -0.2) is 65.4 Å². The van der Waals surface area contributed by atoms with Gasteiger partial charge in [-0.2, -0.15) is 0 Å². The Labute approximate surface area is 153 Å². The highest BCUT2D eigenvalue weighted by Crippen LogP contribution is 2.00. The smallest absolute Gasteiger partial charge is 0.305 e. The normalized spacial score (nSPS) is 12.3. The Morgan fingerprint density at radius 2 is 1.28 bits per heavy atom. The second-order valence-corrected chi connectivity index (χ2v) is 6.10. The molecule has 150 valence electrons. The van der Waals surface area contributed by atoms with Gasteiger partial charge in [-0.3, -0.25) is 4.79 Å². The van der Waals surface area contributed by atoms with Gasteiger partial charge in [0.25, 0.3) is 0 Å². The lowest BCUT2D eigenvalue weighted by molar-refractivity contribution is -0.145. The highest BCUT2D eigenvalue weighted by molar-refractivity contribution is 5.69. The van der Waals surface area contributed by atoms with Crippen LogP contribution in [0.3, 0.4) is 0 Å². The molecule has 6 nitrogen and oxygen atoms in total. The molecule has 0 aromatic carbocycles. The van der Waals surface area contributed by atoms with E-state index in [9.17, 15) is 4.79 Å². The van der Waals surface area contributed by atoms with Crippen LogP contribution in [0.25, 0.3) is 0 Å². The molecule has 0 heterocycles. The fourth-order valence-electron chi connectivity index (χ4n) is 1.87. The quantitative estimate of drug-likeness (QED) is 0.260. The molecule has 0 aromatic rings. The first-order chi connectivity index (χ1) is 12.2. The molecule has 0 saturated carbocycles. The first-order valence-electron chi connectivity index (χ1n) is 9.67. The third-order valence-corrected chi connectivity index (χ3v) is 3.69. The van der Waals surface area contributed by atoms with Gasteiger partial charge in [0.15, 0.2) is 0 Å². The second kappa shape index (κ2) is 19.6. The number of esters is 1. The number of carbonyl (C=O) groups is 1. The van der Waals surface area contributed by atoms with Gasteiger partial charge in [-0.25, -0.2) is 0 Å². The van der Waals surface area contributed by atoms with E-state index in [2.05, 4.69) is 20.8 Å². The van der Waals surface area contributed by atoms with E-state index in [1.54, 1.807) is 0 Å². The molecule has 1 unspecified atom stereocenters. The Bertz CT molecular complexity index is 285. The predicted molar refractivity (Wildman–Crippen MR) is 97.8 cm³/mol. The van der Waals surface area contributed by atoms with Crippen LogP contribution in [0.4, 0.5) is 0 Å². The Morgan fingerprint density at radius 3 is 1.80 bits per heavy atom. The zero-order valence-electron chi connectivity index (χ0n) is 16.4. The molecule has 0 amide bonds. The van der Waals surface area contributed by atoms with Gasteiger partial charge in [-0.05, 0) is 12.3 Å². The second-order valence-electron chi connectivity index (χ2n) is 6.10. The molecule has 0 aliphatic rings. The summed E-state index contributed by atoms with van der Waals surface area (Å²) in [5, 5.41) is 0. The van der Waals surface area contributed by atoms with Crippen LogP contribution in [-0.2, 0) is 28.5 Å². The van der Waals surface area contributed by atoms with E-state index < -0.39 is 0 Å². The topological polar surface area (TPSA) is 63.2 Å². The zero-order chi connectivity index (χ0) is 18.6. The SMILES string of the molecule is CCCCCC(=O)OCCOCCOCCOCCOCC(C)CC. The number of ether oxygens (including phenoxy) is 5. The van der Waals surface area contributed by atoms with Crippen molar-refractivity contribution in [1.29, 1.82) is 0 Å². The summed E-state index contributed by atoms with van der Waals surface area (Å²) < 4.78 is 26.7. The summed E-state index contributed by atoms with van der Waals surface area (Å²) in [6, 6.07) is 0. The molecule has 6 heteroatoms. The third kappa shape index (κ3) is 19.5. The van der Waals surface area contributed by atoms with E-state index in [1.165, 1.54) is 0 Å². The molecule has 1 atom stereocenters. The van der Waals surface area contributed by atoms with E-state index in [0.29, 0.717) is 65.2 Å². The number of unbranched alkanes of at least 4 members (excludes halogenated alkanes) is 2. The van der Waals surface area contributed by atoms with E-state index in [-0.39, 0.29) is 5.97 Å². The summed E-state index contributed by atoms with van der Waals surface area (Å²) in [7, 11) is 0. The van der Waals surface area contributed by atoms with Crippen LogP contribution in [0.2, 0.25) is 0 Å². The van der Waals surface area contributed by atoms with Crippen LogP contribution in [0, 0.1) is 5.92 Å². The molecule has 0 saturated heterocycles. The Balaban J connectivity index is 3.10. The van der Waals surface area contributed by atoms with Crippen molar-refractivity contribution >= 4 is 5.97 Å². The van der Waals surface area contributed by atoms with Gasteiger partial charge >= 0.3 is 5.97 Å². The van der Waals surface area contributed by atoms with E-state index >= 15 is 0 Å². The van der Waals surface area contributed by atoms with E-state index in [0.717, 1.165) is 32.3 Å². The fourth-order valence-corrected chi connectivity index (χ4v) is 1.87.